The molecule has 0 rings (SSSR count). The lowest BCUT2D eigenvalue weighted by Gasteiger charge is -2.15. The highest BCUT2D eigenvalue weighted by Crippen LogP contribution is 2.10. The quantitative estimate of drug-likeness (QED) is 0.359. The highest BCUT2D eigenvalue weighted by molar-refractivity contribution is 5.77. The third-order valence-electron chi connectivity index (χ3n) is 3.73. The first-order chi connectivity index (χ1) is 10.0. The first-order valence-electron chi connectivity index (χ1n) is 8.19. The Bertz CT molecular complexity index is 294. The fourth-order valence-corrected chi connectivity index (χ4v) is 1.90. The van der Waals surface area contributed by atoms with Gasteiger partial charge in [0, 0.05) is 0 Å². The number of hydrogen-bond donors (Lipinski definition) is 1. The first kappa shape index (κ1) is 19.9. The predicted molar refractivity (Wildman–Crippen MR) is 82.2 cm³/mol. The summed E-state index contributed by atoms with van der Waals surface area (Å²) >= 11 is 0. The normalized spacial score (nSPS) is 13.5. The van der Waals surface area contributed by atoms with Crippen LogP contribution in [0.4, 0.5) is 0 Å². The lowest BCUT2D eigenvalue weighted by molar-refractivity contribution is -0.260. The van der Waals surface area contributed by atoms with E-state index in [1.807, 2.05) is 13.8 Å². The van der Waals surface area contributed by atoms with Gasteiger partial charge in [0.1, 0.15) is 6.04 Å². The van der Waals surface area contributed by atoms with Crippen LogP contribution in [0.25, 0.3) is 0 Å². The van der Waals surface area contributed by atoms with Crippen LogP contribution in [0.1, 0.15) is 78.6 Å². The molecule has 5 nitrogen and oxygen atoms in total. The molecule has 0 amide bonds. The Kier molecular flexibility index (Phi) is 12.0. The van der Waals surface area contributed by atoms with Crippen molar-refractivity contribution in [3.05, 3.63) is 0 Å². The Balaban J connectivity index is 3.60. The molecule has 2 unspecified atom stereocenters. The third-order valence-corrected chi connectivity index (χ3v) is 3.73. The van der Waals surface area contributed by atoms with Crippen molar-refractivity contribution in [1.29, 1.82) is 0 Å². The summed E-state index contributed by atoms with van der Waals surface area (Å²) in [5.41, 5.74) is 5.67. The van der Waals surface area contributed by atoms with Crippen molar-refractivity contribution in [2.75, 3.05) is 0 Å². The summed E-state index contributed by atoms with van der Waals surface area (Å²) in [6.07, 6.45) is 8.91. The van der Waals surface area contributed by atoms with Crippen molar-refractivity contribution in [3.63, 3.8) is 0 Å². The van der Waals surface area contributed by atoms with Crippen LogP contribution in [0.5, 0.6) is 0 Å². The number of carbonyl (C=O) groups is 2. The molecule has 0 aromatic heterocycles. The first-order valence-corrected chi connectivity index (χ1v) is 8.19. The number of hydrogen-bond acceptors (Lipinski definition) is 5. The Morgan fingerprint density at radius 3 is 2.10 bits per heavy atom. The van der Waals surface area contributed by atoms with Gasteiger partial charge in [-0.05, 0) is 12.3 Å². The molecule has 0 aliphatic rings. The topological polar surface area (TPSA) is 78.6 Å². The maximum atomic E-state index is 11.5. The Hall–Kier alpha value is -1.10. The summed E-state index contributed by atoms with van der Waals surface area (Å²) in [4.78, 5) is 31.9. The molecule has 0 spiro atoms. The SMILES string of the molecule is CCCCCCCCCC(=O)OOC(=O)C(N)C(C)CC. The van der Waals surface area contributed by atoms with E-state index < -0.39 is 18.0 Å². The predicted octanol–water partition coefficient (Wildman–Crippen LogP) is 3.50. The molecule has 0 aliphatic carbocycles. The average Bonchev–Trinajstić information content (AvgIpc) is 2.50. The molecule has 5 heteroatoms. The maximum absolute atomic E-state index is 11.5. The number of nitrogens with two attached hydrogens (primary N) is 1. The van der Waals surface area contributed by atoms with Crippen molar-refractivity contribution in [1.82, 2.24) is 0 Å². The van der Waals surface area contributed by atoms with Crippen LogP contribution in [0.15, 0.2) is 0 Å². The summed E-state index contributed by atoms with van der Waals surface area (Å²) in [7, 11) is 0. The van der Waals surface area contributed by atoms with Crippen molar-refractivity contribution < 1.29 is 19.4 Å². The van der Waals surface area contributed by atoms with Crippen LogP contribution in [0.3, 0.4) is 0 Å². The van der Waals surface area contributed by atoms with Gasteiger partial charge < -0.3 is 5.73 Å². The Morgan fingerprint density at radius 1 is 0.952 bits per heavy atom. The van der Waals surface area contributed by atoms with Crippen LogP contribution in [-0.4, -0.2) is 18.0 Å². The van der Waals surface area contributed by atoms with E-state index in [0.29, 0.717) is 0 Å². The smallest absolute Gasteiger partial charge is 0.318 e. The molecule has 0 aromatic rings. The standard InChI is InChI=1S/C16H31NO4/c1-4-6-7-8-9-10-11-12-14(18)20-21-16(19)15(17)13(3)5-2/h13,15H,4-12,17H2,1-3H3. The van der Waals surface area contributed by atoms with Crippen LogP contribution in [0.2, 0.25) is 0 Å². The Labute approximate surface area is 128 Å². The number of unbranched alkanes of at least 4 members (excludes halogenated alkanes) is 6. The van der Waals surface area contributed by atoms with E-state index in [2.05, 4.69) is 16.7 Å². The summed E-state index contributed by atoms with van der Waals surface area (Å²) in [5, 5.41) is 0. The molecular weight excluding hydrogens is 270 g/mol. The van der Waals surface area contributed by atoms with Crippen LogP contribution in [-0.2, 0) is 19.4 Å². The molecule has 0 aromatic carbocycles. The number of rotatable bonds is 11. The molecule has 0 radical (unpaired) electrons. The largest absolute Gasteiger partial charge is 0.372 e. The van der Waals surface area contributed by atoms with Crippen LogP contribution >= 0.6 is 0 Å². The molecule has 0 heterocycles. The van der Waals surface area contributed by atoms with Crippen molar-refractivity contribution >= 4 is 11.9 Å². The van der Waals surface area contributed by atoms with Gasteiger partial charge in [-0.25, -0.2) is 19.4 Å². The molecule has 0 aliphatic heterocycles. The molecule has 2 N–H and O–H groups in total. The molecular formula is C16H31NO4. The lowest BCUT2D eigenvalue weighted by Crippen LogP contribution is -2.38. The lowest BCUT2D eigenvalue weighted by atomic mass is 10.0. The van der Waals surface area contributed by atoms with Crippen molar-refractivity contribution in [2.24, 2.45) is 11.7 Å². The van der Waals surface area contributed by atoms with Gasteiger partial charge in [-0.1, -0.05) is 65.7 Å². The second-order valence-corrected chi connectivity index (χ2v) is 5.64. The zero-order valence-electron chi connectivity index (χ0n) is 13.7. The highest BCUT2D eigenvalue weighted by atomic mass is 17.2. The number of carbonyl (C=O) groups excluding carboxylic acids is 2. The second-order valence-electron chi connectivity index (χ2n) is 5.64. The maximum Gasteiger partial charge on any atom is 0.372 e. The molecule has 124 valence electrons. The molecule has 0 fully saturated rings. The minimum Gasteiger partial charge on any atom is -0.318 e. The van der Waals surface area contributed by atoms with Gasteiger partial charge in [0.15, 0.2) is 0 Å². The highest BCUT2D eigenvalue weighted by Gasteiger charge is 2.23. The van der Waals surface area contributed by atoms with E-state index >= 15 is 0 Å². The third kappa shape index (κ3) is 10.3. The van der Waals surface area contributed by atoms with E-state index in [4.69, 9.17) is 5.73 Å². The van der Waals surface area contributed by atoms with E-state index in [-0.39, 0.29) is 12.3 Å². The molecule has 0 saturated heterocycles. The molecule has 0 bridgehead atoms. The minimum absolute atomic E-state index is 0.000627. The molecule has 2 atom stereocenters. The zero-order valence-corrected chi connectivity index (χ0v) is 13.7. The summed E-state index contributed by atoms with van der Waals surface area (Å²) in [6.45, 7) is 5.97. The Morgan fingerprint density at radius 2 is 1.52 bits per heavy atom. The van der Waals surface area contributed by atoms with Gasteiger partial charge in [-0.3, -0.25) is 0 Å². The van der Waals surface area contributed by atoms with Gasteiger partial charge in [0.05, 0.1) is 6.42 Å². The monoisotopic (exact) mass is 301 g/mol. The molecule has 21 heavy (non-hydrogen) atoms. The van der Waals surface area contributed by atoms with Crippen LogP contribution in [0, 0.1) is 5.92 Å². The second kappa shape index (κ2) is 12.6. The van der Waals surface area contributed by atoms with Gasteiger partial charge in [-0.2, -0.15) is 0 Å². The van der Waals surface area contributed by atoms with Gasteiger partial charge >= 0.3 is 11.9 Å². The minimum atomic E-state index is -0.749. The van der Waals surface area contributed by atoms with Gasteiger partial charge in [0.25, 0.3) is 0 Å². The summed E-state index contributed by atoms with van der Waals surface area (Å²) in [5.74, 6) is -1.19. The summed E-state index contributed by atoms with van der Waals surface area (Å²) in [6, 6.07) is -0.749. The summed E-state index contributed by atoms with van der Waals surface area (Å²) < 4.78 is 0. The fourth-order valence-electron chi connectivity index (χ4n) is 1.90. The zero-order chi connectivity index (χ0) is 16.1. The van der Waals surface area contributed by atoms with Crippen LogP contribution < -0.4 is 5.73 Å². The average molecular weight is 301 g/mol. The van der Waals surface area contributed by atoms with E-state index in [1.54, 1.807) is 0 Å². The van der Waals surface area contributed by atoms with Gasteiger partial charge in [-0.15, -0.1) is 0 Å². The van der Waals surface area contributed by atoms with E-state index in [9.17, 15) is 9.59 Å². The van der Waals surface area contributed by atoms with Gasteiger partial charge in [0.2, 0.25) is 0 Å². The van der Waals surface area contributed by atoms with Crippen molar-refractivity contribution in [3.8, 4) is 0 Å². The fraction of sp³-hybridized carbons (Fsp3) is 0.875. The van der Waals surface area contributed by atoms with E-state index in [0.717, 1.165) is 25.7 Å². The molecule has 0 saturated carbocycles. The van der Waals surface area contributed by atoms with E-state index in [1.165, 1.54) is 25.7 Å². The van der Waals surface area contributed by atoms with Crippen molar-refractivity contribution in [2.45, 2.75) is 84.6 Å².